The zero-order valence-corrected chi connectivity index (χ0v) is 16.7. The van der Waals surface area contributed by atoms with Crippen molar-refractivity contribution in [3.63, 3.8) is 0 Å². The third-order valence-electron chi connectivity index (χ3n) is 7.89. The molecule has 0 radical (unpaired) electrons. The van der Waals surface area contributed by atoms with Crippen LogP contribution in [0.5, 0.6) is 0 Å². The zero-order chi connectivity index (χ0) is 19.5. The Hall–Kier alpha value is -2.36. The normalized spacial score (nSPS) is 29.2. The Bertz CT molecular complexity index is 942. The number of anilines is 2. The number of hydrogen-bond donors (Lipinski definition) is 1. The van der Waals surface area contributed by atoms with Gasteiger partial charge in [-0.3, -0.25) is 4.79 Å². The van der Waals surface area contributed by atoms with Gasteiger partial charge >= 0.3 is 0 Å². The molecule has 4 atom stereocenters. The number of carbonyl (C=O) groups excluding carboxylic acids is 1. The summed E-state index contributed by atoms with van der Waals surface area (Å²) in [6.45, 7) is 2.41. The van der Waals surface area contributed by atoms with Crippen LogP contribution in [0.15, 0.2) is 36.4 Å². The first-order valence-electron chi connectivity index (χ1n) is 11.2. The zero-order valence-electron chi connectivity index (χ0n) is 16.7. The Labute approximate surface area is 171 Å². The molecule has 4 heteroatoms. The minimum absolute atomic E-state index is 0.109. The number of carbonyl (C=O) groups is 1. The predicted molar refractivity (Wildman–Crippen MR) is 113 cm³/mol. The number of nitrogens with zero attached hydrogens (tertiary/aromatic N) is 1. The van der Waals surface area contributed by atoms with E-state index in [9.17, 15) is 9.18 Å². The second kappa shape index (κ2) is 6.58. The van der Waals surface area contributed by atoms with E-state index in [1.165, 1.54) is 74.5 Å². The van der Waals surface area contributed by atoms with E-state index in [0.29, 0.717) is 11.8 Å². The maximum atomic E-state index is 14.1. The van der Waals surface area contributed by atoms with Gasteiger partial charge in [0.1, 0.15) is 5.82 Å². The predicted octanol–water partition coefficient (Wildman–Crippen LogP) is 5.68. The number of fused-ring (bicyclic) bond motifs is 4. The number of nitrogens with one attached hydrogen (secondary N) is 1. The first-order valence-corrected chi connectivity index (χ1v) is 11.2. The lowest BCUT2D eigenvalue weighted by atomic mass is 9.75. The first-order chi connectivity index (χ1) is 14.2. The lowest BCUT2D eigenvalue weighted by molar-refractivity contribution is 0.102. The van der Waals surface area contributed by atoms with E-state index >= 15 is 0 Å². The summed E-state index contributed by atoms with van der Waals surface area (Å²) in [5.41, 5.74) is 5.29. The minimum atomic E-state index is -0.470. The average molecular weight is 391 g/mol. The van der Waals surface area contributed by atoms with Crippen molar-refractivity contribution in [1.82, 2.24) is 0 Å². The molecule has 3 nitrogen and oxygen atoms in total. The van der Waals surface area contributed by atoms with Crippen molar-refractivity contribution in [2.24, 2.45) is 11.8 Å². The van der Waals surface area contributed by atoms with Crippen LogP contribution in [-0.4, -0.2) is 19.0 Å². The van der Waals surface area contributed by atoms with Crippen molar-refractivity contribution >= 4 is 17.3 Å². The lowest BCUT2D eigenvalue weighted by Crippen LogP contribution is -2.43. The molecule has 1 N–H and O–H groups in total. The minimum Gasteiger partial charge on any atom is -0.370 e. The molecule has 0 saturated heterocycles. The Morgan fingerprint density at radius 1 is 0.931 bits per heavy atom. The highest BCUT2D eigenvalue weighted by Crippen LogP contribution is 2.56. The third kappa shape index (κ3) is 2.72. The molecule has 0 spiro atoms. The quantitative estimate of drug-likeness (QED) is 0.716. The largest absolute Gasteiger partial charge is 0.370 e. The van der Waals surface area contributed by atoms with Crippen molar-refractivity contribution < 1.29 is 9.18 Å². The Morgan fingerprint density at radius 3 is 2.17 bits per heavy atom. The van der Waals surface area contributed by atoms with E-state index in [1.54, 1.807) is 18.2 Å². The average Bonchev–Trinajstić information content (AvgIpc) is 3.37. The summed E-state index contributed by atoms with van der Waals surface area (Å²) in [5, 5.41) is 3.03. The molecular weight excluding hydrogens is 363 g/mol. The van der Waals surface area contributed by atoms with Crippen LogP contribution < -0.4 is 10.2 Å². The SMILES string of the molecule is O=C(Nc1cc2c3c(c1)[C@@H]1CCC[C@@H]1CN3C[C@@H]1CCC[C@H]21)c1ccccc1F. The summed E-state index contributed by atoms with van der Waals surface area (Å²) in [7, 11) is 0. The monoisotopic (exact) mass is 390 g/mol. The van der Waals surface area contributed by atoms with Crippen LogP contribution in [0.3, 0.4) is 0 Å². The first kappa shape index (κ1) is 17.5. The summed E-state index contributed by atoms with van der Waals surface area (Å²) < 4.78 is 14.1. The van der Waals surface area contributed by atoms with Crippen LogP contribution in [0.4, 0.5) is 15.8 Å². The highest BCUT2D eigenvalue weighted by Gasteiger charge is 2.44. The van der Waals surface area contributed by atoms with E-state index in [2.05, 4.69) is 22.3 Å². The van der Waals surface area contributed by atoms with Gasteiger partial charge in [0.25, 0.3) is 5.91 Å². The van der Waals surface area contributed by atoms with Gasteiger partial charge in [-0.1, -0.05) is 25.0 Å². The Morgan fingerprint density at radius 2 is 1.55 bits per heavy atom. The third-order valence-corrected chi connectivity index (χ3v) is 7.89. The number of amides is 1. The van der Waals surface area contributed by atoms with E-state index in [0.717, 1.165) is 17.5 Å². The number of hydrogen-bond acceptors (Lipinski definition) is 2. The summed E-state index contributed by atoms with van der Waals surface area (Å²) in [4.78, 5) is 15.4. The molecule has 0 aromatic heterocycles. The van der Waals surface area contributed by atoms with Gasteiger partial charge in [0.05, 0.1) is 5.56 Å². The van der Waals surface area contributed by atoms with E-state index in [4.69, 9.17) is 0 Å². The fourth-order valence-electron chi connectivity index (χ4n) is 6.68. The van der Waals surface area contributed by atoms with Crippen LogP contribution in [0.1, 0.15) is 71.8 Å². The maximum Gasteiger partial charge on any atom is 0.258 e. The molecule has 4 aliphatic rings. The van der Waals surface area contributed by atoms with E-state index in [1.807, 2.05) is 0 Å². The molecule has 1 amide bonds. The Kier molecular flexibility index (Phi) is 3.97. The van der Waals surface area contributed by atoms with Crippen molar-refractivity contribution in [3.8, 4) is 0 Å². The van der Waals surface area contributed by atoms with Crippen LogP contribution >= 0.6 is 0 Å². The molecule has 29 heavy (non-hydrogen) atoms. The second-order valence-corrected chi connectivity index (χ2v) is 9.44. The summed E-state index contributed by atoms with van der Waals surface area (Å²) >= 11 is 0. The van der Waals surface area contributed by atoms with Crippen molar-refractivity contribution in [1.29, 1.82) is 0 Å². The van der Waals surface area contributed by atoms with Gasteiger partial charge < -0.3 is 10.2 Å². The molecule has 6 rings (SSSR count). The fraction of sp³-hybridized carbons (Fsp3) is 0.480. The molecule has 2 heterocycles. The standard InChI is InChI=1S/C25H27FN2O/c26-23-10-2-1-7-20(23)25(29)27-17-11-21-18-8-3-5-15(18)13-28-14-16-6-4-9-19(16)22(12-17)24(21)28/h1-2,7,10-12,15-16,18-19H,3-6,8-9,13-14H2,(H,27,29)/t15-,16+,18-,19+. The van der Waals surface area contributed by atoms with Gasteiger partial charge in [0.2, 0.25) is 0 Å². The summed E-state index contributed by atoms with van der Waals surface area (Å²) in [6.07, 6.45) is 7.74. The van der Waals surface area contributed by atoms with Crippen LogP contribution in [0.25, 0.3) is 0 Å². The van der Waals surface area contributed by atoms with Gasteiger partial charge in [0, 0.05) is 24.5 Å². The van der Waals surface area contributed by atoms with Gasteiger partial charge in [-0.25, -0.2) is 4.39 Å². The smallest absolute Gasteiger partial charge is 0.258 e. The summed E-state index contributed by atoms with van der Waals surface area (Å²) in [6, 6.07) is 10.6. The topological polar surface area (TPSA) is 32.3 Å². The van der Waals surface area contributed by atoms with Gasteiger partial charge in [-0.15, -0.1) is 0 Å². The number of rotatable bonds is 2. The molecule has 0 bridgehead atoms. The molecule has 2 aromatic rings. The molecule has 2 aliphatic carbocycles. The number of benzene rings is 2. The van der Waals surface area contributed by atoms with Crippen LogP contribution in [0.2, 0.25) is 0 Å². The van der Waals surface area contributed by atoms with Gasteiger partial charge in [-0.2, -0.15) is 0 Å². The fourth-order valence-corrected chi connectivity index (χ4v) is 6.68. The maximum absolute atomic E-state index is 14.1. The van der Waals surface area contributed by atoms with Crippen molar-refractivity contribution in [3.05, 3.63) is 58.9 Å². The molecule has 2 fully saturated rings. The van der Waals surface area contributed by atoms with Crippen LogP contribution in [0, 0.1) is 17.7 Å². The highest BCUT2D eigenvalue weighted by molar-refractivity contribution is 6.04. The van der Waals surface area contributed by atoms with Crippen LogP contribution in [-0.2, 0) is 0 Å². The lowest BCUT2D eigenvalue weighted by Gasteiger charge is -2.46. The van der Waals surface area contributed by atoms with Gasteiger partial charge in [0.15, 0.2) is 0 Å². The molecule has 2 aromatic carbocycles. The van der Waals surface area contributed by atoms with E-state index in [-0.39, 0.29) is 11.5 Å². The highest BCUT2D eigenvalue weighted by atomic mass is 19.1. The molecule has 0 unspecified atom stereocenters. The Balaban J connectivity index is 1.43. The van der Waals surface area contributed by atoms with Crippen molar-refractivity contribution in [2.75, 3.05) is 23.3 Å². The van der Waals surface area contributed by atoms with Gasteiger partial charge in [-0.05, 0) is 84.7 Å². The molecule has 150 valence electrons. The molecule has 2 saturated carbocycles. The van der Waals surface area contributed by atoms with E-state index < -0.39 is 5.82 Å². The molecule has 2 aliphatic heterocycles. The van der Waals surface area contributed by atoms with Crippen molar-refractivity contribution in [2.45, 2.75) is 50.4 Å². The summed E-state index contributed by atoms with van der Waals surface area (Å²) in [5.74, 6) is 1.88. The molecular formula is C25H27FN2O. The second-order valence-electron chi connectivity index (χ2n) is 9.44. The number of halogens is 1.